The molecule has 0 fully saturated rings. The van der Waals surface area contributed by atoms with Crippen LogP contribution in [-0.4, -0.2) is 26.7 Å². The molecule has 0 bridgehead atoms. The Bertz CT molecular complexity index is 687. The molecule has 0 aliphatic heterocycles. The van der Waals surface area contributed by atoms with Crippen LogP contribution in [0, 0.1) is 6.92 Å². The monoisotopic (exact) mass is 378 g/mol. The number of anilines is 2. The summed E-state index contributed by atoms with van der Waals surface area (Å²) in [7, 11) is 3.17. The number of halogens is 1. The van der Waals surface area contributed by atoms with Gasteiger partial charge in [0.05, 0.1) is 20.8 Å². The van der Waals surface area contributed by atoms with Gasteiger partial charge >= 0.3 is 0 Å². The smallest absolute Gasteiger partial charge is 0.243 e. The topological polar surface area (TPSA) is 59.6 Å². The molecule has 2 N–H and O–H groups in total. The van der Waals surface area contributed by atoms with Gasteiger partial charge in [-0.15, -0.1) is 0 Å². The molecule has 0 radical (unpaired) electrons. The van der Waals surface area contributed by atoms with Crippen LogP contribution in [0.2, 0.25) is 0 Å². The number of methoxy groups -OCH3 is 2. The summed E-state index contributed by atoms with van der Waals surface area (Å²) in [5.74, 6) is 1.16. The number of nitrogens with one attached hydrogen (secondary N) is 2. The van der Waals surface area contributed by atoms with E-state index >= 15 is 0 Å². The Labute approximate surface area is 144 Å². The van der Waals surface area contributed by atoms with Gasteiger partial charge in [-0.25, -0.2) is 0 Å². The van der Waals surface area contributed by atoms with Crippen molar-refractivity contribution in [1.82, 2.24) is 0 Å². The maximum absolute atomic E-state index is 12.0. The van der Waals surface area contributed by atoms with E-state index in [1.54, 1.807) is 14.2 Å². The molecule has 0 aromatic heterocycles. The van der Waals surface area contributed by atoms with Crippen LogP contribution in [0.5, 0.6) is 11.5 Å². The van der Waals surface area contributed by atoms with Crippen molar-refractivity contribution in [2.24, 2.45) is 0 Å². The van der Waals surface area contributed by atoms with E-state index in [4.69, 9.17) is 9.47 Å². The highest BCUT2D eigenvalue weighted by molar-refractivity contribution is 9.10. The minimum atomic E-state index is -0.124. The second kappa shape index (κ2) is 7.87. The molecule has 23 heavy (non-hydrogen) atoms. The molecule has 0 aliphatic carbocycles. The fraction of sp³-hybridized carbons (Fsp3) is 0.235. The molecule has 2 aromatic carbocycles. The van der Waals surface area contributed by atoms with Gasteiger partial charge in [0.25, 0.3) is 0 Å². The molecule has 0 saturated carbocycles. The molecule has 0 aliphatic rings. The summed E-state index contributed by atoms with van der Waals surface area (Å²) >= 11 is 3.36. The molecule has 2 rings (SSSR count). The van der Waals surface area contributed by atoms with Crippen molar-refractivity contribution in [1.29, 1.82) is 0 Å². The van der Waals surface area contributed by atoms with E-state index in [0.29, 0.717) is 11.5 Å². The number of rotatable bonds is 6. The van der Waals surface area contributed by atoms with Gasteiger partial charge in [0.1, 0.15) is 0 Å². The van der Waals surface area contributed by atoms with E-state index in [2.05, 4.69) is 26.6 Å². The van der Waals surface area contributed by atoms with Crippen LogP contribution in [0.1, 0.15) is 5.56 Å². The summed E-state index contributed by atoms with van der Waals surface area (Å²) in [6.45, 7) is 2.10. The summed E-state index contributed by atoms with van der Waals surface area (Å²) in [6.07, 6.45) is 0. The number of hydrogen-bond acceptors (Lipinski definition) is 4. The van der Waals surface area contributed by atoms with E-state index < -0.39 is 0 Å². The van der Waals surface area contributed by atoms with Crippen molar-refractivity contribution in [2.75, 3.05) is 31.4 Å². The van der Waals surface area contributed by atoms with Gasteiger partial charge < -0.3 is 20.1 Å². The highest BCUT2D eigenvalue weighted by atomic mass is 79.9. The van der Waals surface area contributed by atoms with Crippen molar-refractivity contribution < 1.29 is 14.3 Å². The molecule has 0 atom stereocenters. The van der Waals surface area contributed by atoms with Crippen LogP contribution in [0.3, 0.4) is 0 Å². The normalized spacial score (nSPS) is 10.1. The lowest BCUT2D eigenvalue weighted by Gasteiger charge is -2.14. The molecule has 0 saturated heterocycles. The van der Waals surface area contributed by atoms with Crippen molar-refractivity contribution in [3.63, 3.8) is 0 Å². The Morgan fingerprint density at radius 3 is 2.30 bits per heavy atom. The first-order valence-corrected chi connectivity index (χ1v) is 7.84. The molecule has 0 heterocycles. The number of benzene rings is 2. The quantitative estimate of drug-likeness (QED) is 0.801. The predicted octanol–water partition coefficient (Wildman–Crippen LogP) is 3.83. The number of carbonyl (C=O) groups excluding carboxylic acids is 1. The van der Waals surface area contributed by atoms with Crippen LogP contribution in [0.4, 0.5) is 11.4 Å². The lowest BCUT2D eigenvalue weighted by atomic mass is 10.1. The molecule has 122 valence electrons. The van der Waals surface area contributed by atoms with Gasteiger partial charge in [-0.05, 0) is 42.8 Å². The second-order valence-electron chi connectivity index (χ2n) is 4.93. The summed E-state index contributed by atoms with van der Waals surface area (Å²) < 4.78 is 11.5. The number of ether oxygens (including phenoxy) is 2. The average Bonchev–Trinajstić information content (AvgIpc) is 2.55. The van der Waals surface area contributed by atoms with Gasteiger partial charge in [0.15, 0.2) is 11.5 Å². The summed E-state index contributed by atoms with van der Waals surface area (Å²) in [4.78, 5) is 12.0. The third-order valence-corrected chi connectivity index (χ3v) is 3.83. The zero-order chi connectivity index (χ0) is 16.8. The van der Waals surface area contributed by atoms with Crippen LogP contribution in [0.15, 0.2) is 40.9 Å². The zero-order valence-electron chi connectivity index (χ0n) is 13.3. The minimum absolute atomic E-state index is 0.124. The van der Waals surface area contributed by atoms with Crippen LogP contribution >= 0.6 is 15.9 Å². The summed E-state index contributed by atoms with van der Waals surface area (Å²) in [5.41, 5.74) is 2.55. The largest absolute Gasteiger partial charge is 0.493 e. The van der Waals surface area contributed by atoms with Gasteiger partial charge in [0.2, 0.25) is 5.91 Å². The molecule has 0 spiro atoms. The average molecular weight is 379 g/mol. The van der Waals surface area contributed by atoms with Gasteiger partial charge in [-0.3, -0.25) is 4.79 Å². The standard InChI is InChI=1S/C17H19BrN2O3/c1-11-8-15(22-2)16(23-3)9-14(11)19-10-17(21)20-13-6-4-12(18)5-7-13/h4-9,19H,10H2,1-3H3,(H,20,21). The van der Waals surface area contributed by atoms with Crippen molar-refractivity contribution in [3.05, 3.63) is 46.4 Å². The lowest BCUT2D eigenvalue weighted by molar-refractivity contribution is -0.114. The fourth-order valence-corrected chi connectivity index (χ4v) is 2.35. The Kier molecular flexibility index (Phi) is 5.87. The first-order valence-electron chi connectivity index (χ1n) is 7.05. The van der Waals surface area contributed by atoms with Gasteiger partial charge in [-0.1, -0.05) is 15.9 Å². The highest BCUT2D eigenvalue weighted by Gasteiger charge is 2.09. The maximum atomic E-state index is 12.0. The molecule has 0 unspecified atom stereocenters. The minimum Gasteiger partial charge on any atom is -0.493 e. The Balaban J connectivity index is 1.99. The lowest BCUT2D eigenvalue weighted by Crippen LogP contribution is -2.22. The van der Waals surface area contributed by atoms with Crippen molar-refractivity contribution >= 4 is 33.2 Å². The fourth-order valence-electron chi connectivity index (χ4n) is 2.08. The van der Waals surface area contributed by atoms with Gasteiger partial charge in [0, 0.05) is 21.9 Å². The van der Waals surface area contributed by atoms with Crippen LogP contribution in [-0.2, 0) is 4.79 Å². The van der Waals surface area contributed by atoms with Crippen LogP contribution < -0.4 is 20.1 Å². The van der Waals surface area contributed by atoms with E-state index in [9.17, 15) is 4.79 Å². The maximum Gasteiger partial charge on any atom is 0.243 e. The molecule has 2 aromatic rings. The van der Waals surface area contributed by atoms with E-state index in [1.807, 2.05) is 43.3 Å². The van der Waals surface area contributed by atoms with E-state index in [-0.39, 0.29) is 12.5 Å². The zero-order valence-corrected chi connectivity index (χ0v) is 14.9. The number of carbonyl (C=O) groups is 1. The number of hydrogen-bond donors (Lipinski definition) is 2. The Morgan fingerprint density at radius 1 is 1.09 bits per heavy atom. The third kappa shape index (κ3) is 4.63. The van der Waals surface area contributed by atoms with Gasteiger partial charge in [-0.2, -0.15) is 0 Å². The SMILES string of the molecule is COc1cc(C)c(NCC(=O)Nc2ccc(Br)cc2)cc1OC. The highest BCUT2D eigenvalue weighted by Crippen LogP contribution is 2.32. The Morgan fingerprint density at radius 2 is 1.70 bits per heavy atom. The predicted molar refractivity (Wildman–Crippen MR) is 95.5 cm³/mol. The van der Waals surface area contributed by atoms with Crippen molar-refractivity contribution in [3.8, 4) is 11.5 Å². The first-order chi connectivity index (χ1) is 11.0. The van der Waals surface area contributed by atoms with Crippen molar-refractivity contribution in [2.45, 2.75) is 6.92 Å². The Hall–Kier alpha value is -2.21. The summed E-state index contributed by atoms with van der Waals surface area (Å²) in [5, 5.41) is 5.95. The molecule has 5 nitrogen and oxygen atoms in total. The van der Waals surface area contributed by atoms with E-state index in [1.165, 1.54) is 0 Å². The molecular formula is C17H19BrN2O3. The van der Waals surface area contributed by atoms with Crippen LogP contribution in [0.25, 0.3) is 0 Å². The summed E-state index contributed by atoms with van der Waals surface area (Å²) in [6, 6.07) is 11.1. The second-order valence-corrected chi connectivity index (χ2v) is 5.85. The molecule has 6 heteroatoms. The number of amides is 1. The number of aryl methyl sites for hydroxylation is 1. The molecule has 1 amide bonds. The first kappa shape index (κ1) is 17.1. The third-order valence-electron chi connectivity index (χ3n) is 3.30. The van der Waals surface area contributed by atoms with E-state index in [0.717, 1.165) is 21.4 Å². The molecular weight excluding hydrogens is 360 g/mol.